The summed E-state index contributed by atoms with van der Waals surface area (Å²) in [7, 11) is 0. The van der Waals surface area contributed by atoms with Crippen LogP contribution in [0.4, 0.5) is 0 Å². The lowest BCUT2D eigenvalue weighted by atomic mass is 10.1. The van der Waals surface area contributed by atoms with Crippen LogP contribution >= 0.6 is 22.6 Å². The lowest BCUT2D eigenvalue weighted by molar-refractivity contribution is 0.0696. The van der Waals surface area contributed by atoms with Crippen LogP contribution in [-0.2, 0) is 0 Å². The highest BCUT2D eigenvalue weighted by Crippen LogP contribution is 2.06. The number of halogens is 1. The van der Waals surface area contributed by atoms with E-state index in [0.717, 1.165) is 0 Å². The Balaban J connectivity index is 2.93. The number of rotatable bonds is 3. The minimum atomic E-state index is -0.978. The van der Waals surface area contributed by atoms with Crippen molar-refractivity contribution in [2.75, 3.05) is 4.43 Å². The van der Waals surface area contributed by atoms with Crippen molar-refractivity contribution in [1.29, 1.82) is 0 Å². The molecule has 1 rings (SSSR count). The van der Waals surface area contributed by atoms with Gasteiger partial charge in [0.15, 0.2) is 5.78 Å². The largest absolute Gasteiger partial charge is 0.478 e. The van der Waals surface area contributed by atoms with Gasteiger partial charge >= 0.3 is 5.97 Å². The predicted molar refractivity (Wildman–Crippen MR) is 56.6 cm³/mol. The van der Waals surface area contributed by atoms with Gasteiger partial charge in [-0.1, -0.05) is 34.7 Å². The van der Waals surface area contributed by atoms with Crippen LogP contribution in [0.15, 0.2) is 24.3 Å². The van der Waals surface area contributed by atoms with E-state index in [2.05, 4.69) is 0 Å². The van der Waals surface area contributed by atoms with Crippen LogP contribution < -0.4 is 0 Å². The quantitative estimate of drug-likeness (QED) is 0.526. The van der Waals surface area contributed by atoms with Gasteiger partial charge in [-0.05, 0) is 12.1 Å². The van der Waals surface area contributed by atoms with Crippen LogP contribution in [0.5, 0.6) is 0 Å². The van der Waals surface area contributed by atoms with Crippen molar-refractivity contribution in [3.05, 3.63) is 35.4 Å². The Morgan fingerprint density at radius 3 is 2.00 bits per heavy atom. The summed E-state index contributed by atoms with van der Waals surface area (Å²) in [5, 5.41) is 8.59. The van der Waals surface area contributed by atoms with Gasteiger partial charge in [-0.25, -0.2) is 4.79 Å². The summed E-state index contributed by atoms with van der Waals surface area (Å²) in [5.74, 6) is -0.967. The maximum absolute atomic E-state index is 11.1. The molecular formula is C9H7IO3. The minimum Gasteiger partial charge on any atom is -0.478 e. The van der Waals surface area contributed by atoms with E-state index < -0.39 is 5.97 Å². The second-order valence-electron chi connectivity index (χ2n) is 2.44. The molecule has 0 fully saturated rings. The molecule has 0 saturated heterocycles. The van der Waals surface area contributed by atoms with E-state index in [1.165, 1.54) is 24.3 Å². The Labute approximate surface area is 88.9 Å². The van der Waals surface area contributed by atoms with E-state index in [1.54, 1.807) is 0 Å². The molecule has 0 heterocycles. The summed E-state index contributed by atoms with van der Waals surface area (Å²) in [6.45, 7) is 0. The molecule has 1 N–H and O–H groups in total. The third kappa shape index (κ3) is 2.51. The number of hydrogen-bond acceptors (Lipinski definition) is 2. The number of Topliss-reactive ketones (excluding diaryl/α,β-unsaturated/α-hetero) is 1. The first-order chi connectivity index (χ1) is 6.15. The molecule has 0 spiro atoms. The molecule has 0 radical (unpaired) electrons. The maximum Gasteiger partial charge on any atom is 0.335 e. The Bertz CT molecular complexity index is 329. The number of benzene rings is 1. The number of carbonyl (C=O) groups excluding carboxylic acids is 1. The van der Waals surface area contributed by atoms with Gasteiger partial charge < -0.3 is 5.11 Å². The van der Waals surface area contributed by atoms with E-state index in [9.17, 15) is 9.59 Å². The van der Waals surface area contributed by atoms with E-state index in [4.69, 9.17) is 5.11 Å². The summed E-state index contributed by atoms with van der Waals surface area (Å²) < 4.78 is 0.407. The number of carbonyl (C=O) groups is 2. The molecule has 0 aliphatic carbocycles. The molecule has 3 nitrogen and oxygen atoms in total. The molecule has 0 aliphatic heterocycles. The highest BCUT2D eigenvalue weighted by molar-refractivity contribution is 14.1. The van der Waals surface area contributed by atoms with Crippen molar-refractivity contribution in [3.63, 3.8) is 0 Å². The van der Waals surface area contributed by atoms with Crippen molar-refractivity contribution in [2.24, 2.45) is 0 Å². The molecule has 13 heavy (non-hydrogen) atoms. The molecule has 0 bridgehead atoms. The highest BCUT2D eigenvalue weighted by atomic mass is 127. The fourth-order valence-electron chi connectivity index (χ4n) is 0.876. The van der Waals surface area contributed by atoms with Crippen molar-refractivity contribution < 1.29 is 14.7 Å². The Morgan fingerprint density at radius 1 is 1.15 bits per heavy atom. The fourth-order valence-corrected chi connectivity index (χ4v) is 1.32. The van der Waals surface area contributed by atoms with Gasteiger partial charge in [-0.3, -0.25) is 4.79 Å². The van der Waals surface area contributed by atoms with Gasteiger partial charge in [0.1, 0.15) is 0 Å². The number of alkyl halides is 1. The van der Waals surface area contributed by atoms with Crippen molar-refractivity contribution in [2.45, 2.75) is 0 Å². The zero-order valence-electron chi connectivity index (χ0n) is 6.66. The normalized spacial score (nSPS) is 9.62. The van der Waals surface area contributed by atoms with Gasteiger partial charge in [-0.15, -0.1) is 0 Å². The second kappa shape index (κ2) is 4.36. The maximum atomic E-state index is 11.1. The summed E-state index contributed by atoms with van der Waals surface area (Å²) in [6, 6.07) is 5.93. The standard InChI is InChI=1S/C9H7IO3/c10-5-8(11)6-1-3-7(4-2-6)9(12)13/h1-4H,5H2,(H,12,13). The Hall–Kier alpha value is -0.910. The van der Waals surface area contributed by atoms with E-state index in [0.29, 0.717) is 9.99 Å². The van der Waals surface area contributed by atoms with Crippen LogP contribution in [0, 0.1) is 0 Å². The molecule has 0 aromatic heterocycles. The molecule has 68 valence electrons. The Kier molecular flexibility index (Phi) is 3.41. The zero-order valence-corrected chi connectivity index (χ0v) is 8.82. The second-order valence-corrected chi connectivity index (χ2v) is 3.20. The number of hydrogen-bond donors (Lipinski definition) is 1. The average molecular weight is 290 g/mol. The van der Waals surface area contributed by atoms with Crippen LogP contribution in [0.25, 0.3) is 0 Å². The van der Waals surface area contributed by atoms with Crippen LogP contribution in [0.2, 0.25) is 0 Å². The van der Waals surface area contributed by atoms with Crippen molar-refractivity contribution in [1.82, 2.24) is 0 Å². The molecule has 0 unspecified atom stereocenters. The molecule has 0 atom stereocenters. The average Bonchev–Trinajstić information content (AvgIpc) is 2.17. The van der Waals surface area contributed by atoms with Crippen molar-refractivity contribution >= 4 is 34.3 Å². The lowest BCUT2D eigenvalue weighted by Gasteiger charge is -1.97. The summed E-state index contributed by atoms with van der Waals surface area (Å²) in [4.78, 5) is 21.6. The minimum absolute atomic E-state index is 0.0116. The fraction of sp³-hybridized carbons (Fsp3) is 0.111. The Morgan fingerprint density at radius 2 is 1.62 bits per heavy atom. The van der Waals surface area contributed by atoms with Gasteiger partial charge in [0, 0.05) is 5.56 Å². The van der Waals surface area contributed by atoms with E-state index in [-0.39, 0.29) is 11.3 Å². The molecule has 0 amide bonds. The highest BCUT2D eigenvalue weighted by Gasteiger charge is 2.05. The molecular weight excluding hydrogens is 283 g/mol. The molecule has 1 aromatic carbocycles. The van der Waals surface area contributed by atoms with E-state index >= 15 is 0 Å². The molecule has 0 saturated carbocycles. The predicted octanol–water partition coefficient (Wildman–Crippen LogP) is 2.00. The summed E-state index contributed by atoms with van der Waals surface area (Å²) in [6.07, 6.45) is 0. The zero-order chi connectivity index (χ0) is 9.84. The van der Waals surface area contributed by atoms with Crippen LogP contribution in [0.1, 0.15) is 20.7 Å². The SMILES string of the molecule is O=C(O)c1ccc(C(=O)CI)cc1. The van der Waals surface area contributed by atoms with Crippen LogP contribution in [-0.4, -0.2) is 21.3 Å². The topological polar surface area (TPSA) is 54.4 Å². The first kappa shape index (κ1) is 10.2. The van der Waals surface area contributed by atoms with Crippen molar-refractivity contribution in [3.8, 4) is 0 Å². The van der Waals surface area contributed by atoms with Gasteiger partial charge in [0.05, 0.1) is 9.99 Å². The molecule has 4 heteroatoms. The van der Waals surface area contributed by atoms with Gasteiger partial charge in [0.2, 0.25) is 0 Å². The van der Waals surface area contributed by atoms with Crippen LogP contribution in [0.3, 0.4) is 0 Å². The van der Waals surface area contributed by atoms with Gasteiger partial charge in [0.25, 0.3) is 0 Å². The lowest BCUT2D eigenvalue weighted by Crippen LogP contribution is -2.01. The first-order valence-electron chi connectivity index (χ1n) is 3.57. The molecule has 0 aliphatic rings. The van der Waals surface area contributed by atoms with Gasteiger partial charge in [-0.2, -0.15) is 0 Å². The molecule has 1 aromatic rings. The number of ketones is 1. The number of carboxylic acids is 1. The number of aromatic carboxylic acids is 1. The smallest absolute Gasteiger partial charge is 0.335 e. The summed E-state index contributed by atoms with van der Waals surface area (Å²) in [5.41, 5.74) is 0.754. The van der Waals surface area contributed by atoms with E-state index in [1.807, 2.05) is 22.6 Å². The summed E-state index contributed by atoms with van der Waals surface area (Å²) >= 11 is 1.97. The number of carboxylic acid groups (broad SMARTS) is 1. The third-order valence-corrected chi connectivity index (χ3v) is 2.27. The third-order valence-electron chi connectivity index (χ3n) is 1.58. The monoisotopic (exact) mass is 290 g/mol. The first-order valence-corrected chi connectivity index (χ1v) is 5.10.